The molecule has 0 bridgehead atoms. The van der Waals surface area contributed by atoms with Crippen molar-refractivity contribution in [1.29, 1.82) is 0 Å². The molecule has 23 heavy (non-hydrogen) atoms. The molecule has 0 fully saturated rings. The standard InChI is InChI=1S/C18H20ClN3S/c1-11-8-9-15(10-12(11)2)14(4)21-22-18(23)20-17-7-5-6-16(19)13(17)3/h5-10H,1-4H3,(H2,20,22,23)/b21-14+. The topological polar surface area (TPSA) is 36.4 Å². The Hall–Kier alpha value is -1.91. The fourth-order valence-corrected chi connectivity index (χ4v) is 2.39. The van der Waals surface area contributed by atoms with Gasteiger partial charge >= 0.3 is 0 Å². The molecule has 0 aliphatic heterocycles. The average Bonchev–Trinajstić information content (AvgIpc) is 2.52. The number of benzene rings is 2. The number of rotatable bonds is 3. The zero-order valence-electron chi connectivity index (χ0n) is 13.7. The van der Waals surface area contributed by atoms with Gasteiger partial charge in [0.25, 0.3) is 0 Å². The third-order valence-electron chi connectivity index (χ3n) is 3.77. The first-order valence-electron chi connectivity index (χ1n) is 7.32. The van der Waals surface area contributed by atoms with Gasteiger partial charge < -0.3 is 5.32 Å². The van der Waals surface area contributed by atoms with Gasteiger partial charge in [-0.3, -0.25) is 5.43 Å². The van der Waals surface area contributed by atoms with Crippen molar-refractivity contribution in [3.05, 3.63) is 63.7 Å². The van der Waals surface area contributed by atoms with Crippen molar-refractivity contribution in [3.8, 4) is 0 Å². The van der Waals surface area contributed by atoms with Crippen molar-refractivity contribution in [1.82, 2.24) is 5.43 Å². The summed E-state index contributed by atoms with van der Waals surface area (Å²) in [6.45, 7) is 8.07. The van der Waals surface area contributed by atoms with Crippen LogP contribution in [0.2, 0.25) is 5.02 Å². The maximum Gasteiger partial charge on any atom is 0.191 e. The molecule has 0 atom stereocenters. The van der Waals surface area contributed by atoms with Gasteiger partial charge in [-0.1, -0.05) is 29.8 Å². The number of hydrogen-bond donors (Lipinski definition) is 2. The summed E-state index contributed by atoms with van der Waals surface area (Å²) < 4.78 is 0. The van der Waals surface area contributed by atoms with Crippen molar-refractivity contribution in [2.75, 3.05) is 5.32 Å². The monoisotopic (exact) mass is 345 g/mol. The number of hydrazone groups is 1. The van der Waals surface area contributed by atoms with Gasteiger partial charge in [0.1, 0.15) is 0 Å². The zero-order chi connectivity index (χ0) is 17.0. The van der Waals surface area contributed by atoms with E-state index in [1.807, 2.05) is 32.0 Å². The van der Waals surface area contributed by atoms with E-state index < -0.39 is 0 Å². The Balaban J connectivity index is 2.05. The molecule has 0 saturated heterocycles. The Bertz CT molecular complexity index is 769. The van der Waals surface area contributed by atoms with Crippen LogP contribution in [0.4, 0.5) is 5.69 Å². The highest BCUT2D eigenvalue weighted by Crippen LogP contribution is 2.22. The van der Waals surface area contributed by atoms with Crippen LogP contribution >= 0.6 is 23.8 Å². The lowest BCUT2D eigenvalue weighted by molar-refractivity contribution is 1.04. The first-order chi connectivity index (χ1) is 10.9. The Kier molecular flexibility index (Phi) is 5.74. The average molecular weight is 346 g/mol. The maximum atomic E-state index is 6.10. The van der Waals surface area contributed by atoms with Crippen molar-refractivity contribution in [2.24, 2.45) is 5.10 Å². The van der Waals surface area contributed by atoms with Gasteiger partial charge in [-0.2, -0.15) is 5.10 Å². The lowest BCUT2D eigenvalue weighted by atomic mass is 10.0. The van der Waals surface area contributed by atoms with Crippen molar-refractivity contribution in [3.63, 3.8) is 0 Å². The normalized spacial score (nSPS) is 11.3. The van der Waals surface area contributed by atoms with Gasteiger partial charge in [0.05, 0.1) is 5.71 Å². The van der Waals surface area contributed by atoms with Crippen LogP contribution in [-0.2, 0) is 0 Å². The fourth-order valence-electron chi connectivity index (χ4n) is 2.06. The molecule has 0 aliphatic rings. The molecule has 0 saturated carbocycles. The molecule has 2 aromatic carbocycles. The Labute approximate surface area is 147 Å². The van der Waals surface area contributed by atoms with Gasteiger partial charge in [-0.15, -0.1) is 0 Å². The van der Waals surface area contributed by atoms with E-state index in [1.54, 1.807) is 0 Å². The fraction of sp³-hybridized carbons (Fsp3) is 0.222. The van der Waals surface area contributed by atoms with E-state index in [-0.39, 0.29) is 0 Å². The van der Waals surface area contributed by atoms with Gasteiger partial charge in [0.15, 0.2) is 5.11 Å². The third-order valence-corrected chi connectivity index (χ3v) is 4.37. The van der Waals surface area contributed by atoms with Gasteiger partial charge in [-0.25, -0.2) is 0 Å². The summed E-state index contributed by atoms with van der Waals surface area (Å²) in [6.07, 6.45) is 0. The highest BCUT2D eigenvalue weighted by atomic mass is 35.5. The van der Waals surface area contributed by atoms with E-state index in [0.29, 0.717) is 10.1 Å². The predicted octanol–water partition coefficient (Wildman–Crippen LogP) is 4.98. The minimum absolute atomic E-state index is 0.429. The van der Waals surface area contributed by atoms with Crippen LogP contribution < -0.4 is 10.7 Å². The summed E-state index contributed by atoms with van der Waals surface area (Å²) in [5, 5.41) is 8.58. The molecular weight excluding hydrogens is 326 g/mol. The second-order valence-electron chi connectivity index (χ2n) is 5.47. The first-order valence-corrected chi connectivity index (χ1v) is 8.11. The summed E-state index contributed by atoms with van der Waals surface area (Å²) in [4.78, 5) is 0. The highest BCUT2D eigenvalue weighted by molar-refractivity contribution is 7.80. The molecule has 2 aromatic rings. The molecule has 3 nitrogen and oxygen atoms in total. The smallest absolute Gasteiger partial charge is 0.191 e. The third kappa shape index (κ3) is 4.53. The minimum atomic E-state index is 0.429. The van der Waals surface area contributed by atoms with E-state index in [1.165, 1.54) is 11.1 Å². The van der Waals surface area contributed by atoms with Crippen molar-refractivity contribution >= 4 is 40.3 Å². The molecule has 2 rings (SSSR count). The summed E-state index contributed by atoms with van der Waals surface area (Å²) in [6, 6.07) is 11.9. The Morgan fingerprint density at radius 1 is 1.09 bits per heavy atom. The van der Waals surface area contributed by atoms with Crippen LogP contribution in [0.3, 0.4) is 0 Å². The van der Waals surface area contributed by atoms with Crippen LogP contribution in [0, 0.1) is 20.8 Å². The summed E-state index contributed by atoms with van der Waals surface area (Å²) >= 11 is 11.4. The lowest BCUT2D eigenvalue weighted by Crippen LogP contribution is -2.25. The van der Waals surface area contributed by atoms with Crippen LogP contribution in [0.15, 0.2) is 41.5 Å². The molecule has 0 aromatic heterocycles. The van der Waals surface area contributed by atoms with Gasteiger partial charge in [0.2, 0.25) is 0 Å². The minimum Gasteiger partial charge on any atom is -0.331 e. The van der Waals surface area contributed by atoms with Crippen LogP contribution in [0.1, 0.15) is 29.2 Å². The molecule has 0 spiro atoms. The number of aryl methyl sites for hydroxylation is 2. The first kappa shape index (κ1) is 17.4. The number of hydrogen-bond acceptors (Lipinski definition) is 2. The lowest BCUT2D eigenvalue weighted by Gasteiger charge is -2.11. The molecule has 0 radical (unpaired) electrons. The molecule has 2 N–H and O–H groups in total. The van der Waals surface area contributed by atoms with Crippen LogP contribution in [0.25, 0.3) is 0 Å². The molecule has 0 heterocycles. The summed E-state index contributed by atoms with van der Waals surface area (Å²) in [5.41, 5.74) is 9.15. The van der Waals surface area contributed by atoms with Crippen molar-refractivity contribution < 1.29 is 0 Å². The number of thiocarbonyl (C=S) groups is 1. The van der Waals surface area contributed by atoms with E-state index in [2.05, 4.69) is 47.9 Å². The second-order valence-corrected chi connectivity index (χ2v) is 6.29. The number of halogens is 1. The summed E-state index contributed by atoms with van der Waals surface area (Å²) in [7, 11) is 0. The Morgan fingerprint density at radius 3 is 2.52 bits per heavy atom. The molecule has 0 amide bonds. The number of nitrogens with zero attached hydrogens (tertiary/aromatic N) is 1. The molecule has 120 valence electrons. The largest absolute Gasteiger partial charge is 0.331 e. The van der Waals surface area contributed by atoms with E-state index >= 15 is 0 Å². The molecule has 0 unspecified atom stereocenters. The molecule has 0 aliphatic carbocycles. The Morgan fingerprint density at radius 2 is 1.83 bits per heavy atom. The van der Waals surface area contributed by atoms with E-state index in [9.17, 15) is 0 Å². The molecular formula is C18H20ClN3S. The number of nitrogens with one attached hydrogen (secondary N) is 2. The quantitative estimate of drug-likeness (QED) is 0.468. The highest BCUT2D eigenvalue weighted by Gasteiger charge is 2.04. The van der Waals surface area contributed by atoms with Gasteiger partial charge in [0, 0.05) is 10.7 Å². The van der Waals surface area contributed by atoms with E-state index in [4.69, 9.17) is 23.8 Å². The van der Waals surface area contributed by atoms with Crippen LogP contribution in [0.5, 0.6) is 0 Å². The number of anilines is 1. The summed E-state index contributed by atoms with van der Waals surface area (Å²) in [5.74, 6) is 0. The van der Waals surface area contributed by atoms with E-state index in [0.717, 1.165) is 22.5 Å². The van der Waals surface area contributed by atoms with Crippen molar-refractivity contribution in [2.45, 2.75) is 27.7 Å². The molecule has 5 heteroatoms. The maximum absolute atomic E-state index is 6.10. The second kappa shape index (κ2) is 7.57. The van der Waals surface area contributed by atoms with Crippen LogP contribution in [-0.4, -0.2) is 10.8 Å². The van der Waals surface area contributed by atoms with Gasteiger partial charge in [-0.05, 0) is 80.4 Å². The SMILES string of the molecule is C/C(=N\NC(=S)Nc1cccc(Cl)c1C)c1ccc(C)c(C)c1. The zero-order valence-corrected chi connectivity index (χ0v) is 15.3. The predicted molar refractivity (Wildman–Crippen MR) is 104 cm³/mol.